The number of carboxylic acid groups (broad SMARTS) is 1. The molecule has 0 radical (unpaired) electrons. The molecule has 1 saturated heterocycles. The molecule has 23 heavy (non-hydrogen) atoms. The molecule has 0 aromatic heterocycles. The summed E-state index contributed by atoms with van der Waals surface area (Å²) in [4.78, 5) is 24.9. The predicted molar refractivity (Wildman–Crippen MR) is 82.6 cm³/mol. The number of amides is 1. The van der Waals surface area contributed by atoms with Gasteiger partial charge in [0.2, 0.25) is 0 Å². The van der Waals surface area contributed by atoms with Gasteiger partial charge in [-0.2, -0.15) is 0 Å². The summed E-state index contributed by atoms with van der Waals surface area (Å²) in [6.45, 7) is 5.44. The van der Waals surface area contributed by atoms with Crippen LogP contribution in [0, 0.1) is 11.7 Å². The van der Waals surface area contributed by atoms with Crippen molar-refractivity contribution < 1.29 is 23.8 Å². The minimum absolute atomic E-state index is 0.111. The maximum absolute atomic E-state index is 13.8. The Labute approximate surface area is 135 Å². The fourth-order valence-electron chi connectivity index (χ4n) is 2.80. The first kappa shape index (κ1) is 17.2. The average Bonchev–Trinajstić information content (AvgIpc) is 2.84. The van der Waals surface area contributed by atoms with Gasteiger partial charge in [-0.1, -0.05) is 18.2 Å². The number of aliphatic carboxylic acids is 1. The van der Waals surface area contributed by atoms with Gasteiger partial charge in [-0.05, 0) is 51.2 Å². The molecule has 1 aliphatic heterocycles. The number of carbonyl (C=O) groups excluding carboxylic acids is 1. The highest BCUT2D eigenvalue weighted by Crippen LogP contribution is 2.29. The Hall–Kier alpha value is -2.11. The zero-order valence-electron chi connectivity index (χ0n) is 13.6. The smallest absolute Gasteiger partial charge is 0.411 e. The van der Waals surface area contributed by atoms with E-state index in [-0.39, 0.29) is 18.3 Å². The Balaban J connectivity index is 2.10. The van der Waals surface area contributed by atoms with Crippen LogP contribution < -0.4 is 0 Å². The van der Waals surface area contributed by atoms with E-state index in [2.05, 4.69) is 0 Å². The number of hydrogen-bond donors (Lipinski definition) is 1. The van der Waals surface area contributed by atoms with Crippen LogP contribution in [-0.4, -0.2) is 40.3 Å². The zero-order valence-corrected chi connectivity index (χ0v) is 13.6. The predicted octanol–water partition coefficient (Wildman–Crippen LogP) is 3.08. The molecule has 2 rings (SSSR count). The highest BCUT2D eigenvalue weighted by atomic mass is 19.1. The summed E-state index contributed by atoms with van der Waals surface area (Å²) >= 11 is 0. The Morgan fingerprint density at radius 3 is 2.57 bits per heavy atom. The van der Waals surface area contributed by atoms with E-state index < -0.39 is 23.7 Å². The van der Waals surface area contributed by atoms with E-state index in [0.717, 1.165) is 0 Å². The van der Waals surface area contributed by atoms with Crippen LogP contribution in [0.2, 0.25) is 0 Å². The lowest BCUT2D eigenvalue weighted by molar-refractivity contribution is -0.142. The highest BCUT2D eigenvalue weighted by Gasteiger charge is 2.41. The molecule has 126 valence electrons. The van der Waals surface area contributed by atoms with Crippen LogP contribution in [0.1, 0.15) is 32.8 Å². The molecule has 0 bridgehead atoms. The summed E-state index contributed by atoms with van der Waals surface area (Å²) in [5.41, 5.74) is -0.156. The quantitative estimate of drug-likeness (QED) is 0.928. The van der Waals surface area contributed by atoms with Gasteiger partial charge >= 0.3 is 12.1 Å². The Bertz CT molecular complexity index is 597. The topological polar surface area (TPSA) is 66.8 Å². The number of likely N-dealkylation sites (tertiary alicyclic amines) is 1. The monoisotopic (exact) mass is 323 g/mol. The molecule has 1 aromatic rings. The van der Waals surface area contributed by atoms with E-state index in [1.54, 1.807) is 39.0 Å². The second-order valence-electron chi connectivity index (χ2n) is 6.88. The van der Waals surface area contributed by atoms with Crippen molar-refractivity contribution in [3.8, 4) is 0 Å². The van der Waals surface area contributed by atoms with Crippen molar-refractivity contribution in [1.82, 2.24) is 4.90 Å². The molecule has 1 aliphatic rings. The number of rotatable bonds is 3. The number of halogens is 1. The normalized spacial score (nSPS) is 21.3. The molecule has 5 nitrogen and oxygen atoms in total. The number of benzene rings is 1. The molecule has 1 heterocycles. The minimum atomic E-state index is -1.06. The largest absolute Gasteiger partial charge is 0.480 e. The van der Waals surface area contributed by atoms with E-state index in [9.17, 15) is 19.1 Å². The molecule has 0 spiro atoms. The summed E-state index contributed by atoms with van der Waals surface area (Å²) in [6, 6.07) is 5.49. The van der Waals surface area contributed by atoms with Crippen LogP contribution in [0.5, 0.6) is 0 Å². The molecule has 2 unspecified atom stereocenters. The Kier molecular flexibility index (Phi) is 4.92. The zero-order chi connectivity index (χ0) is 17.2. The lowest BCUT2D eigenvalue weighted by atomic mass is 9.96. The van der Waals surface area contributed by atoms with Crippen LogP contribution in [-0.2, 0) is 16.0 Å². The van der Waals surface area contributed by atoms with Gasteiger partial charge in [0.05, 0.1) is 0 Å². The fourth-order valence-corrected chi connectivity index (χ4v) is 2.80. The Morgan fingerprint density at radius 2 is 2.00 bits per heavy atom. The molecule has 0 aliphatic carbocycles. The third-order valence-corrected chi connectivity index (χ3v) is 3.77. The lowest BCUT2D eigenvalue weighted by Gasteiger charge is -2.26. The molecule has 1 amide bonds. The number of ether oxygens (including phenoxy) is 1. The summed E-state index contributed by atoms with van der Waals surface area (Å²) in [5.74, 6) is -1.48. The van der Waals surface area contributed by atoms with E-state index in [1.807, 2.05) is 0 Å². The SMILES string of the molecule is CC(C)(C)OC(=O)N1CC(Cc2ccccc2F)CC1C(=O)O. The van der Waals surface area contributed by atoms with E-state index in [4.69, 9.17) is 4.74 Å². The van der Waals surface area contributed by atoms with Gasteiger partial charge in [-0.25, -0.2) is 14.0 Å². The van der Waals surface area contributed by atoms with Crippen LogP contribution in [0.4, 0.5) is 9.18 Å². The lowest BCUT2D eigenvalue weighted by Crippen LogP contribution is -2.43. The fraction of sp³-hybridized carbons (Fsp3) is 0.529. The first-order chi connectivity index (χ1) is 10.7. The summed E-state index contributed by atoms with van der Waals surface area (Å²) in [7, 11) is 0. The molecule has 1 fully saturated rings. The van der Waals surface area contributed by atoms with Gasteiger partial charge in [-0.15, -0.1) is 0 Å². The third-order valence-electron chi connectivity index (χ3n) is 3.77. The van der Waals surface area contributed by atoms with Gasteiger partial charge in [-0.3, -0.25) is 4.90 Å². The molecule has 1 aromatic carbocycles. The second-order valence-corrected chi connectivity index (χ2v) is 6.88. The van der Waals surface area contributed by atoms with E-state index >= 15 is 0 Å². The van der Waals surface area contributed by atoms with Crippen LogP contribution in [0.15, 0.2) is 24.3 Å². The maximum atomic E-state index is 13.8. The number of carboxylic acids is 1. The van der Waals surface area contributed by atoms with Crippen LogP contribution in [0.3, 0.4) is 0 Å². The highest BCUT2D eigenvalue weighted by molar-refractivity contribution is 5.81. The van der Waals surface area contributed by atoms with Crippen molar-refractivity contribution >= 4 is 12.1 Å². The van der Waals surface area contributed by atoms with Crippen LogP contribution in [0.25, 0.3) is 0 Å². The van der Waals surface area contributed by atoms with Crippen molar-refractivity contribution in [3.63, 3.8) is 0 Å². The molecular formula is C17H22FNO4. The van der Waals surface area contributed by atoms with Crippen LogP contribution >= 0.6 is 0 Å². The van der Waals surface area contributed by atoms with Gasteiger partial charge < -0.3 is 9.84 Å². The third kappa shape index (κ3) is 4.43. The minimum Gasteiger partial charge on any atom is -0.480 e. The van der Waals surface area contributed by atoms with Gasteiger partial charge in [0.15, 0.2) is 0 Å². The first-order valence-corrected chi connectivity index (χ1v) is 7.63. The van der Waals surface area contributed by atoms with Crippen molar-refractivity contribution in [3.05, 3.63) is 35.6 Å². The standard InChI is InChI=1S/C17H22FNO4/c1-17(2,3)23-16(22)19-10-11(9-14(19)15(20)21)8-12-6-4-5-7-13(12)18/h4-7,11,14H,8-10H2,1-3H3,(H,20,21). The average molecular weight is 323 g/mol. The summed E-state index contributed by atoms with van der Waals surface area (Å²) in [5, 5.41) is 9.35. The first-order valence-electron chi connectivity index (χ1n) is 7.63. The summed E-state index contributed by atoms with van der Waals surface area (Å²) in [6.07, 6.45) is 0.0551. The molecule has 2 atom stereocenters. The summed E-state index contributed by atoms with van der Waals surface area (Å²) < 4.78 is 19.0. The van der Waals surface area contributed by atoms with Gasteiger partial charge in [0.25, 0.3) is 0 Å². The van der Waals surface area contributed by atoms with Crippen molar-refractivity contribution in [2.24, 2.45) is 5.92 Å². The van der Waals surface area contributed by atoms with Crippen molar-refractivity contribution in [1.29, 1.82) is 0 Å². The number of carbonyl (C=O) groups is 2. The second kappa shape index (κ2) is 6.56. The van der Waals surface area contributed by atoms with E-state index in [0.29, 0.717) is 18.4 Å². The number of hydrogen-bond acceptors (Lipinski definition) is 3. The van der Waals surface area contributed by atoms with Gasteiger partial charge in [0, 0.05) is 6.54 Å². The van der Waals surface area contributed by atoms with E-state index in [1.165, 1.54) is 11.0 Å². The maximum Gasteiger partial charge on any atom is 0.411 e. The molecule has 0 saturated carbocycles. The molecule has 1 N–H and O–H groups in total. The molecular weight excluding hydrogens is 301 g/mol. The van der Waals surface area contributed by atoms with Gasteiger partial charge in [0.1, 0.15) is 17.5 Å². The van der Waals surface area contributed by atoms with Crippen molar-refractivity contribution in [2.45, 2.75) is 45.3 Å². The van der Waals surface area contributed by atoms with Crippen molar-refractivity contribution in [2.75, 3.05) is 6.54 Å². The Morgan fingerprint density at radius 1 is 1.35 bits per heavy atom. The number of nitrogens with zero attached hydrogens (tertiary/aromatic N) is 1. The molecule has 6 heteroatoms.